The van der Waals surface area contributed by atoms with Crippen LogP contribution in [0.3, 0.4) is 0 Å². The summed E-state index contributed by atoms with van der Waals surface area (Å²) < 4.78 is 0. The van der Waals surface area contributed by atoms with Crippen LogP contribution in [0, 0.1) is 5.92 Å². The third-order valence-electron chi connectivity index (χ3n) is 3.40. The van der Waals surface area contributed by atoms with Crippen LogP contribution in [0.2, 0.25) is 0 Å². The second kappa shape index (κ2) is 7.67. The topological polar surface area (TPSA) is 52.6 Å². The van der Waals surface area contributed by atoms with Crippen LogP contribution in [0.4, 0.5) is 0 Å². The first-order chi connectivity index (χ1) is 8.15. The highest BCUT2D eigenvalue weighted by Gasteiger charge is 2.27. The molecule has 0 spiro atoms. The van der Waals surface area contributed by atoms with Crippen molar-refractivity contribution < 1.29 is 9.90 Å². The van der Waals surface area contributed by atoms with Gasteiger partial charge in [0.05, 0.1) is 0 Å². The lowest BCUT2D eigenvalue weighted by Gasteiger charge is -2.37. The maximum Gasteiger partial charge on any atom is 0.303 e. The van der Waals surface area contributed by atoms with Crippen molar-refractivity contribution in [2.75, 3.05) is 26.2 Å². The second-order valence-electron chi connectivity index (χ2n) is 5.07. The molecule has 1 aliphatic rings. The molecule has 100 valence electrons. The van der Waals surface area contributed by atoms with Gasteiger partial charge in [0.15, 0.2) is 0 Å². The highest BCUT2D eigenvalue weighted by molar-refractivity contribution is 5.67. The Balaban J connectivity index is 2.46. The Kier molecular flexibility index (Phi) is 6.52. The van der Waals surface area contributed by atoms with Crippen LogP contribution >= 0.6 is 0 Å². The van der Waals surface area contributed by atoms with Gasteiger partial charge in [0, 0.05) is 25.6 Å². The molecular formula is C13H26N2O2. The molecule has 4 heteroatoms. The number of piperidine rings is 1. The lowest BCUT2D eigenvalue weighted by Crippen LogP contribution is -2.49. The van der Waals surface area contributed by atoms with Crippen molar-refractivity contribution in [3.8, 4) is 0 Å². The summed E-state index contributed by atoms with van der Waals surface area (Å²) in [6.07, 6.45) is 3.72. The average molecular weight is 242 g/mol. The van der Waals surface area contributed by atoms with Gasteiger partial charge in [0.1, 0.15) is 0 Å². The standard InChI is InChI=1S/C13H26N2O2/c1-3-5-6-15-9-11(8-13(16)17)7-12(10-15)14-4-2/h11-12,14H,3-10H2,1-2H3,(H,16,17). The molecule has 1 saturated heterocycles. The summed E-state index contributed by atoms with van der Waals surface area (Å²) >= 11 is 0. The van der Waals surface area contributed by atoms with Gasteiger partial charge in [-0.3, -0.25) is 4.79 Å². The number of hydrogen-bond acceptors (Lipinski definition) is 3. The minimum Gasteiger partial charge on any atom is -0.481 e. The number of carboxylic acids is 1. The van der Waals surface area contributed by atoms with Crippen molar-refractivity contribution in [3.05, 3.63) is 0 Å². The van der Waals surface area contributed by atoms with E-state index in [0.717, 1.165) is 32.6 Å². The maximum atomic E-state index is 10.8. The number of hydrogen-bond donors (Lipinski definition) is 2. The van der Waals surface area contributed by atoms with Gasteiger partial charge in [0.2, 0.25) is 0 Å². The molecule has 1 rings (SSSR count). The van der Waals surface area contributed by atoms with Crippen LogP contribution in [0.15, 0.2) is 0 Å². The fraction of sp³-hybridized carbons (Fsp3) is 0.923. The molecule has 0 amide bonds. The minimum absolute atomic E-state index is 0.308. The Morgan fingerprint density at radius 3 is 2.76 bits per heavy atom. The van der Waals surface area contributed by atoms with Gasteiger partial charge in [-0.25, -0.2) is 0 Å². The molecule has 4 nitrogen and oxygen atoms in total. The van der Waals surface area contributed by atoms with Crippen LogP contribution in [0.25, 0.3) is 0 Å². The summed E-state index contributed by atoms with van der Waals surface area (Å²) in [4.78, 5) is 13.2. The van der Waals surface area contributed by atoms with E-state index in [9.17, 15) is 4.79 Å². The van der Waals surface area contributed by atoms with Gasteiger partial charge in [-0.1, -0.05) is 20.3 Å². The van der Waals surface area contributed by atoms with Gasteiger partial charge in [-0.05, 0) is 31.8 Å². The van der Waals surface area contributed by atoms with Gasteiger partial charge in [0.25, 0.3) is 0 Å². The van der Waals surface area contributed by atoms with Crippen molar-refractivity contribution in [3.63, 3.8) is 0 Å². The van der Waals surface area contributed by atoms with E-state index in [0.29, 0.717) is 18.4 Å². The lowest BCUT2D eigenvalue weighted by molar-refractivity contribution is -0.138. The molecule has 2 unspecified atom stereocenters. The molecule has 17 heavy (non-hydrogen) atoms. The fourth-order valence-corrected chi connectivity index (χ4v) is 2.70. The smallest absolute Gasteiger partial charge is 0.303 e. The van der Waals surface area contributed by atoms with E-state index in [1.165, 1.54) is 12.8 Å². The van der Waals surface area contributed by atoms with E-state index >= 15 is 0 Å². The van der Waals surface area contributed by atoms with Crippen LogP contribution < -0.4 is 5.32 Å². The Hall–Kier alpha value is -0.610. The first-order valence-electron chi connectivity index (χ1n) is 6.83. The molecule has 0 saturated carbocycles. The molecule has 0 bridgehead atoms. The Morgan fingerprint density at radius 1 is 1.41 bits per heavy atom. The zero-order valence-electron chi connectivity index (χ0n) is 11.1. The Labute approximate surface area is 104 Å². The summed E-state index contributed by atoms with van der Waals surface area (Å²) in [7, 11) is 0. The molecule has 1 aliphatic heterocycles. The van der Waals surface area contributed by atoms with Crippen LogP contribution in [0.1, 0.15) is 39.5 Å². The summed E-state index contributed by atoms with van der Waals surface area (Å²) in [6.45, 7) is 8.40. The van der Waals surface area contributed by atoms with E-state index in [-0.39, 0.29) is 0 Å². The number of nitrogens with one attached hydrogen (secondary N) is 1. The normalized spacial score (nSPS) is 26.0. The van der Waals surface area contributed by atoms with Crippen LogP contribution in [0.5, 0.6) is 0 Å². The largest absolute Gasteiger partial charge is 0.481 e. The number of unbranched alkanes of at least 4 members (excludes halogenated alkanes) is 1. The van der Waals surface area contributed by atoms with Gasteiger partial charge < -0.3 is 15.3 Å². The molecule has 0 aromatic carbocycles. The lowest BCUT2D eigenvalue weighted by atomic mass is 9.91. The molecule has 1 fully saturated rings. The highest BCUT2D eigenvalue weighted by Crippen LogP contribution is 2.20. The van der Waals surface area contributed by atoms with Crippen molar-refractivity contribution in [2.24, 2.45) is 5.92 Å². The third kappa shape index (κ3) is 5.50. The van der Waals surface area contributed by atoms with E-state index in [1.54, 1.807) is 0 Å². The zero-order valence-corrected chi connectivity index (χ0v) is 11.1. The van der Waals surface area contributed by atoms with Crippen LogP contribution in [-0.2, 0) is 4.79 Å². The molecule has 0 radical (unpaired) electrons. The Bertz CT molecular complexity index is 233. The Morgan fingerprint density at radius 2 is 2.18 bits per heavy atom. The predicted octanol–water partition coefficient (Wildman–Crippen LogP) is 1.56. The first-order valence-corrected chi connectivity index (χ1v) is 6.83. The molecule has 0 aromatic rings. The van der Waals surface area contributed by atoms with E-state index in [2.05, 4.69) is 24.1 Å². The van der Waals surface area contributed by atoms with Gasteiger partial charge in [-0.2, -0.15) is 0 Å². The predicted molar refractivity (Wildman–Crippen MR) is 69.2 cm³/mol. The molecule has 2 atom stereocenters. The van der Waals surface area contributed by atoms with Gasteiger partial charge in [-0.15, -0.1) is 0 Å². The van der Waals surface area contributed by atoms with Crippen molar-refractivity contribution in [2.45, 2.75) is 45.6 Å². The van der Waals surface area contributed by atoms with Gasteiger partial charge >= 0.3 is 5.97 Å². The minimum atomic E-state index is -0.664. The number of aliphatic carboxylic acids is 1. The van der Waals surface area contributed by atoms with Crippen molar-refractivity contribution in [1.82, 2.24) is 10.2 Å². The second-order valence-corrected chi connectivity index (χ2v) is 5.07. The molecule has 2 N–H and O–H groups in total. The van der Waals surface area contributed by atoms with Crippen LogP contribution in [-0.4, -0.2) is 48.2 Å². The molecular weight excluding hydrogens is 216 g/mol. The maximum absolute atomic E-state index is 10.8. The van der Waals surface area contributed by atoms with Crippen molar-refractivity contribution in [1.29, 1.82) is 0 Å². The summed E-state index contributed by atoms with van der Waals surface area (Å²) in [5.74, 6) is -0.357. The van der Waals surface area contributed by atoms with E-state index in [4.69, 9.17) is 5.11 Å². The van der Waals surface area contributed by atoms with E-state index < -0.39 is 5.97 Å². The summed E-state index contributed by atoms with van der Waals surface area (Å²) in [5.41, 5.74) is 0. The average Bonchev–Trinajstić information content (AvgIpc) is 2.25. The SMILES string of the molecule is CCCCN1CC(CC(=O)O)CC(NCC)C1. The first kappa shape index (κ1) is 14.5. The molecule has 1 heterocycles. The van der Waals surface area contributed by atoms with E-state index in [1.807, 2.05) is 0 Å². The summed E-state index contributed by atoms with van der Waals surface area (Å²) in [6, 6.07) is 0.468. The number of rotatable bonds is 7. The fourth-order valence-electron chi connectivity index (χ4n) is 2.70. The number of likely N-dealkylation sites (tertiary alicyclic amines) is 1. The van der Waals surface area contributed by atoms with Crippen molar-refractivity contribution >= 4 is 5.97 Å². The monoisotopic (exact) mass is 242 g/mol. The number of likely N-dealkylation sites (N-methyl/N-ethyl adjacent to an activating group) is 1. The zero-order chi connectivity index (χ0) is 12.7. The summed E-state index contributed by atoms with van der Waals surface area (Å²) in [5, 5.41) is 12.4. The quantitative estimate of drug-likeness (QED) is 0.711. The number of nitrogens with zero attached hydrogens (tertiary/aromatic N) is 1. The number of carboxylic acid groups (broad SMARTS) is 1. The third-order valence-corrected chi connectivity index (χ3v) is 3.40. The highest BCUT2D eigenvalue weighted by atomic mass is 16.4. The molecule has 0 aliphatic carbocycles. The molecule has 0 aromatic heterocycles. The number of carbonyl (C=O) groups is 1.